The molecule has 1 aromatic rings. The number of carbonyl (C=O) groups excluding carboxylic acids is 1. The number of urea groups is 1. The Morgan fingerprint density at radius 1 is 1.50 bits per heavy atom. The van der Waals surface area contributed by atoms with Crippen LogP contribution in [0.4, 0.5) is 4.79 Å². The Bertz CT molecular complexity index is 455. The van der Waals surface area contributed by atoms with Crippen LogP contribution in [-0.2, 0) is 19.4 Å². The highest BCUT2D eigenvalue weighted by molar-refractivity contribution is 5.73. The van der Waals surface area contributed by atoms with Crippen molar-refractivity contribution < 1.29 is 4.79 Å². The van der Waals surface area contributed by atoms with Crippen molar-refractivity contribution in [1.82, 2.24) is 20.4 Å². The van der Waals surface area contributed by atoms with Gasteiger partial charge in [-0.1, -0.05) is 20.3 Å². The summed E-state index contributed by atoms with van der Waals surface area (Å²) in [6.45, 7) is 5.72. The maximum absolute atomic E-state index is 12.0. The fourth-order valence-electron chi connectivity index (χ4n) is 2.58. The first-order valence-corrected chi connectivity index (χ1v) is 7.65. The number of aryl methyl sites for hydroxylation is 1. The topological polar surface area (TPSA) is 61.0 Å². The first kappa shape index (κ1) is 14.9. The summed E-state index contributed by atoms with van der Waals surface area (Å²) in [7, 11) is 1.83. The zero-order valence-electron chi connectivity index (χ0n) is 12.8. The lowest BCUT2D eigenvalue weighted by Crippen LogP contribution is -2.37. The van der Waals surface area contributed by atoms with Crippen LogP contribution < -0.4 is 5.32 Å². The van der Waals surface area contributed by atoms with Crippen molar-refractivity contribution in [2.45, 2.75) is 52.5 Å². The summed E-state index contributed by atoms with van der Waals surface area (Å²) >= 11 is 0. The van der Waals surface area contributed by atoms with Gasteiger partial charge in [0, 0.05) is 19.3 Å². The molecule has 1 unspecified atom stereocenters. The first-order chi connectivity index (χ1) is 9.61. The second-order valence-corrected chi connectivity index (χ2v) is 5.87. The average molecular weight is 278 g/mol. The number of nitrogens with one attached hydrogen (secondary N) is 2. The summed E-state index contributed by atoms with van der Waals surface area (Å²) in [6, 6.07) is -0.0111. The van der Waals surface area contributed by atoms with E-state index in [1.165, 1.54) is 17.7 Å². The van der Waals surface area contributed by atoms with Crippen LogP contribution in [0.3, 0.4) is 0 Å². The van der Waals surface area contributed by atoms with Crippen molar-refractivity contribution in [2.75, 3.05) is 13.6 Å². The number of hydrogen-bond acceptors (Lipinski definition) is 2. The van der Waals surface area contributed by atoms with Gasteiger partial charge in [0.05, 0.1) is 12.2 Å². The lowest BCUT2D eigenvalue weighted by molar-refractivity contribution is 0.205. The van der Waals surface area contributed by atoms with Gasteiger partial charge in [-0.2, -0.15) is 5.10 Å². The maximum Gasteiger partial charge on any atom is 0.317 e. The molecule has 2 rings (SSSR count). The number of aromatic nitrogens is 2. The molecule has 5 nitrogen and oxygen atoms in total. The van der Waals surface area contributed by atoms with Gasteiger partial charge in [0.25, 0.3) is 0 Å². The van der Waals surface area contributed by atoms with E-state index in [4.69, 9.17) is 0 Å². The summed E-state index contributed by atoms with van der Waals surface area (Å²) in [4.78, 5) is 13.7. The molecule has 1 aromatic heterocycles. The van der Waals surface area contributed by atoms with Gasteiger partial charge in [0.2, 0.25) is 0 Å². The van der Waals surface area contributed by atoms with Crippen LogP contribution in [0.2, 0.25) is 0 Å². The molecule has 1 aliphatic carbocycles. The van der Waals surface area contributed by atoms with Crippen molar-refractivity contribution in [3.8, 4) is 0 Å². The van der Waals surface area contributed by atoms with Crippen LogP contribution in [0.25, 0.3) is 0 Å². The summed E-state index contributed by atoms with van der Waals surface area (Å²) < 4.78 is 0. The van der Waals surface area contributed by atoms with Gasteiger partial charge in [-0.3, -0.25) is 5.10 Å². The second kappa shape index (κ2) is 6.77. The zero-order valence-corrected chi connectivity index (χ0v) is 12.8. The van der Waals surface area contributed by atoms with Crippen molar-refractivity contribution >= 4 is 6.03 Å². The second-order valence-electron chi connectivity index (χ2n) is 5.87. The summed E-state index contributed by atoms with van der Waals surface area (Å²) in [5.41, 5.74) is 3.60. The Kier molecular flexibility index (Phi) is 5.04. The van der Waals surface area contributed by atoms with Crippen molar-refractivity contribution in [2.24, 2.45) is 5.92 Å². The molecule has 1 aliphatic rings. The lowest BCUT2D eigenvalue weighted by Gasteiger charge is -2.18. The van der Waals surface area contributed by atoms with E-state index in [1.807, 2.05) is 7.05 Å². The van der Waals surface area contributed by atoms with E-state index in [0.29, 0.717) is 12.5 Å². The Labute approximate surface area is 121 Å². The van der Waals surface area contributed by atoms with Crippen LogP contribution in [0, 0.1) is 5.92 Å². The monoisotopic (exact) mass is 278 g/mol. The van der Waals surface area contributed by atoms with Crippen LogP contribution >= 0.6 is 0 Å². The molecule has 0 aromatic carbocycles. The van der Waals surface area contributed by atoms with E-state index in [2.05, 4.69) is 29.4 Å². The summed E-state index contributed by atoms with van der Waals surface area (Å²) in [5.74, 6) is 0.662. The third-order valence-electron chi connectivity index (χ3n) is 4.24. The Hall–Kier alpha value is -1.52. The van der Waals surface area contributed by atoms with E-state index in [-0.39, 0.29) is 6.03 Å². The van der Waals surface area contributed by atoms with Gasteiger partial charge in [0.1, 0.15) is 0 Å². The molecule has 2 amide bonds. The van der Waals surface area contributed by atoms with Crippen molar-refractivity contribution in [3.63, 3.8) is 0 Å². The number of aromatic amines is 1. The summed E-state index contributed by atoms with van der Waals surface area (Å²) in [6.07, 6.45) is 5.57. The Balaban J connectivity index is 1.79. The minimum absolute atomic E-state index is 0.0111. The number of rotatable bonds is 6. The lowest BCUT2D eigenvalue weighted by atomic mass is 10.1. The highest BCUT2D eigenvalue weighted by Crippen LogP contribution is 2.23. The average Bonchev–Trinajstić information content (AvgIpc) is 3.03. The minimum atomic E-state index is -0.0111. The number of H-pyrrole nitrogens is 1. The van der Waals surface area contributed by atoms with E-state index in [9.17, 15) is 4.79 Å². The molecule has 112 valence electrons. The molecule has 0 spiro atoms. The predicted octanol–water partition coefficient (Wildman–Crippen LogP) is 2.48. The van der Waals surface area contributed by atoms with Crippen LogP contribution in [-0.4, -0.2) is 34.7 Å². The Morgan fingerprint density at radius 3 is 3.05 bits per heavy atom. The molecule has 2 N–H and O–H groups in total. The van der Waals surface area contributed by atoms with Gasteiger partial charge in [0.15, 0.2) is 0 Å². The van der Waals surface area contributed by atoms with Crippen LogP contribution in [0.5, 0.6) is 0 Å². The zero-order chi connectivity index (χ0) is 14.5. The van der Waals surface area contributed by atoms with Gasteiger partial charge < -0.3 is 10.2 Å². The van der Waals surface area contributed by atoms with Gasteiger partial charge in [-0.05, 0) is 37.2 Å². The number of fused-ring (bicyclic) bond motifs is 1. The fourth-order valence-corrected chi connectivity index (χ4v) is 2.58. The van der Waals surface area contributed by atoms with Crippen LogP contribution in [0.1, 0.15) is 50.1 Å². The third kappa shape index (κ3) is 3.52. The number of nitrogens with zero attached hydrogens (tertiary/aromatic N) is 2. The summed E-state index contributed by atoms with van der Waals surface area (Å²) in [5, 5.41) is 10.4. The highest BCUT2D eigenvalue weighted by Gasteiger charge is 2.20. The normalized spacial score (nSPS) is 14.9. The van der Waals surface area contributed by atoms with E-state index in [0.717, 1.165) is 37.9 Å². The standard InChI is InChI=1S/C15H26N4O/c1-4-11(2)8-9-16-15(20)19(3)10-14-12-6-5-7-13(12)17-18-14/h11H,4-10H2,1-3H3,(H,16,20)(H,17,18). The van der Waals surface area contributed by atoms with E-state index >= 15 is 0 Å². The van der Waals surface area contributed by atoms with Crippen molar-refractivity contribution in [1.29, 1.82) is 0 Å². The highest BCUT2D eigenvalue weighted by atomic mass is 16.2. The molecule has 0 saturated carbocycles. The number of hydrogen-bond donors (Lipinski definition) is 2. The quantitative estimate of drug-likeness (QED) is 0.839. The van der Waals surface area contributed by atoms with E-state index in [1.54, 1.807) is 4.90 Å². The Morgan fingerprint density at radius 2 is 2.30 bits per heavy atom. The van der Waals surface area contributed by atoms with Crippen molar-refractivity contribution in [3.05, 3.63) is 17.0 Å². The van der Waals surface area contributed by atoms with Crippen LogP contribution in [0.15, 0.2) is 0 Å². The fraction of sp³-hybridized carbons (Fsp3) is 0.733. The molecule has 1 atom stereocenters. The SMILES string of the molecule is CCC(C)CCNC(=O)N(C)Cc1n[nH]c2c1CCC2. The van der Waals surface area contributed by atoms with Gasteiger partial charge >= 0.3 is 6.03 Å². The maximum atomic E-state index is 12.0. The molecule has 0 radical (unpaired) electrons. The molecule has 1 heterocycles. The molecule has 0 bridgehead atoms. The molecular formula is C15H26N4O. The number of amides is 2. The largest absolute Gasteiger partial charge is 0.338 e. The molecular weight excluding hydrogens is 252 g/mol. The number of carbonyl (C=O) groups is 1. The predicted molar refractivity (Wildman–Crippen MR) is 79.6 cm³/mol. The molecule has 5 heteroatoms. The van der Waals surface area contributed by atoms with Gasteiger partial charge in [-0.25, -0.2) is 4.79 Å². The third-order valence-corrected chi connectivity index (χ3v) is 4.24. The first-order valence-electron chi connectivity index (χ1n) is 7.65. The molecule has 0 fully saturated rings. The molecule has 20 heavy (non-hydrogen) atoms. The van der Waals surface area contributed by atoms with E-state index < -0.39 is 0 Å². The smallest absolute Gasteiger partial charge is 0.317 e. The van der Waals surface area contributed by atoms with Gasteiger partial charge in [-0.15, -0.1) is 0 Å². The molecule has 0 saturated heterocycles. The minimum Gasteiger partial charge on any atom is -0.338 e. The molecule has 0 aliphatic heterocycles.